The minimum atomic E-state index is -3.73. The van der Waals surface area contributed by atoms with E-state index in [1.807, 2.05) is 0 Å². The average Bonchev–Trinajstić information content (AvgIpc) is 3.05. The highest BCUT2D eigenvalue weighted by molar-refractivity contribution is 7.89. The minimum absolute atomic E-state index is 0.0718. The van der Waals surface area contributed by atoms with E-state index in [0.717, 1.165) is 5.56 Å². The van der Waals surface area contributed by atoms with E-state index in [1.165, 1.54) is 12.1 Å². The van der Waals surface area contributed by atoms with E-state index in [9.17, 15) is 8.42 Å². The number of aryl methyl sites for hydroxylation is 1. The molecule has 124 valence electrons. The van der Waals surface area contributed by atoms with Gasteiger partial charge in [-0.05, 0) is 36.8 Å². The van der Waals surface area contributed by atoms with E-state index in [-0.39, 0.29) is 23.2 Å². The van der Waals surface area contributed by atoms with Crippen LogP contribution in [-0.2, 0) is 16.6 Å². The van der Waals surface area contributed by atoms with E-state index in [1.54, 1.807) is 37.4 Å². The summed E-state index contributed by atoms with van der Waals surface area (Å²) in [5, 5.41) is 8.04. The summed E-state index contributed by atoms with van der Waals surface area (Å²) in [7, 11) is -3.73. The van der Waals surface area contributed by atoms with Gasteiger partial charge in [0.05, 0.1) is 11.4 Å². The third kappa shape index (κ3) is 3.61. The number of benzene rings is 1. The molecule has 0 aliphatic heterocycles. The van der Waals surface area contributed by atoms with Gasteiger partial charge in [-0.1, -0.05) is 23.7 Å². The van der Waals surface area contributed by atoms with Gasteiger partial charge in [0, 0.05) is 11.2 Å². The number of rotatable bonds is 5. The van der Waals surface area contributed by atoms with Crippen molar-refractivity contribution in [2.75, 3.05) is 0 Å². The monoisotopic (exact) mass is 364 g/mol. The summed E-state index contributed by atoms with van der Waals surface area (Å²) in [5.41, 5.74) is 1.32. The number of aromatic nitrogens is 3. The van der Waals surface area contributed by atoms with Crippen LogP contribution in [0.25, 0.3) is 11.6 Å². The number of nitrogens with one attached hydrogen (secondary N) is 1. The van der Waals surface area contributed by atoms with Crippen molar-refractivity contribution in [2.45, 2.75) is 18.4 Å². The molecule has 7 nitrogen and oxygen atoms in total. The van der Waals surface area contributed by atoms with Crippen LogP contribution < -0.4 is 4.72 Å². The van der Waals surface area contributed by atoms with Crippen LogP contribution in [0.3, 0.4) is 0 Å². The van der Waals surface area contributed by atoms with Crippen LogP contribution in [0, 0.1) is 6.92 Å². The Kier molecular flexibility index (Phi) is 4.61. The molecule has 0 fully saturated rings. The maximum Gasteiger partial charge on any atom is 0.266 e. The lowest BCUT2D eigenvalue weighted by Crippen LogP contribution is -2.23. The lowest BCUT2D eigenvalue weighted by molar-refractivity contribution is 0.493. The van der Waals surface area contributed by atoms with Crippen LogP contribution in [0.15, 0.2) is 51.9 Å². The summed E-state index contributed by atoms with van der Waals surface area (Å²) in [6.07, 6.45) is 1.60. The molecule has 0 atom stereocenters. The Balaban J connectivity index is 1.73. The molecule has 0 saturated heterocycles. The Labute approximate surface area is 143 Å². The Morgan fingerprint density at radius 1 is 1.21 bits per heavy atom. The van der Waals surface area contributed by atoms with Gasteiger partial charge >= 0.3 is 0 Å². The van der Waals surface area contributed by atoms with Crippen LogP contribution in [0.2, 0.25) is 5.02 Å². The van der Waals surface area contributed by atoms with Crippen molar-refractivity contribution in [3.63, 3.8) is 0 Å². The van der Waals surface area contributed by atoms with Gasteiger partial charge in [0.15, 0.2) is 0 Å². The zero-order valence-electron chi connectivity index (χ0n) is 12.6. The van der Waals surface area contributed by atoms with Gasteiger partial charge in [0.2, 0.25) is 15.9 Å². The first-order valence-electron chi connectivity index (χ1n) is 6.95. The van der Waals surface area contributed by atoms with Gasteiger partial charge < -0.3 is 4.42 Å². The van der Waals surface area contributed by atoms with Crippen LogP contribution >= 0.6 is 11.6 Å². The van der Waals surface area contributed by atoms with Gasteiger partial charge in [-0.25, -0.2) is 13.1 Å². The Morgan fingerprint density at radius 3 is 2.75 bits per heavy atom. The SMILES string of the molecule is Cc1ccc(S(=O)(=O)NCc2nnc(-c3ccccn3)o2)cc1Cl. The summed E-state index contributed by atoms with van der Waals surface area (Å²) in [4.78, 5) is 4.16. The van der Waals surface area contributed by atoms with Crippen molar-refractivity contribution < 1.29 is 12.8 Å². The van der Waals surface area contributed by atoms with Crippen molar-refractivity contribution in [3.8, 4) is 11.6 Å². The van der Waals surface area contributed by atoms with E-state index in [0.29, 0.717) is 10.7 Å². The minimum Gasteiger partial charge on any atom is -0.418 e. The third-order valence-electron chi connectivity index (χ3n) is 3.22. The molecule has 0 bridgehead atoms. The molecule has 2 heterocycles. The normalized spacial score (nSPS) is 11.6. The zero-order chi connectivity index (χ0) is 17.2. The first-order chi connectivity index (χ1) is 11.5. The van der Waals surface area contributed by atoms with Crippen LogP contribution in [-0.4, -0.2) is 23.6 Å². The molecule has 0 aliphatic carbocycles. The molecule has 2 aromatic heterocycles. The van der Waals surface area contributed by atoms with Gasteiger partial charge in [-0.15, -0.1) is 10.2 Å². The lowest BCUT2D eigenvalue weighted by atomic mass is 10.2. The molecule has 0 radical (unpaired) electrons. The van der Waals surface area contributed by atoms with Crippen molar-refractivity contribution in [2.24, 2.45) is 0 Å². The number of hydrogen-bond donors (Lipinski definition) is 1. The number of sulfonamides is 1. The quantitative estimate of drug-likeness (QED) is 0.747. The molecule has 1 N–H and O–H groups in total. The predicted molar refractivity (Wildman–Crippen MR) is 87.7 cm³/mol. The predicted octanol–water partition coefficient (Wildman–Crippen LogP) is 2.57. The molecule has 9 heteroatoms. The van der Waals surface area contributed by atoms with Crippen molar-refractivity contribution >= 4 is 21.6 Å². The topological polar surface area (TPSA) is 98.0 Å². The summed E-state index contributed by atoms with van der Waals surface area (Å²) >= 11 is 5.97. The Hall–Kier alpha value is -2.29. The van der Waals surface area contributed by atoms with Crippen LogP contribution in [0.5, 0.6) is 0 Å². The smallest absolute Gasteiger partial charge is 0.266 e. The van der Waals surface area contributed by atoms with Crippen LogP contribution in [0.4, 0.5) is 0 Å². The molecular weight excluding hydrogens is 352 g/mol. The van der Waals surface area contributed by atoms with E-state index in [4.69, 9.17) is 16.0 Å². The van der Waals surface area contributed by atoms with E-state index >= 15 is 0 Å². The molecule has 0 aliphatic rings. The van der Waals surface area contributed by atoms with E-state index < -0.39 is 10.0 Å². The van der Waals surface area contributed by atoms with Crippen molar-refractivity contribution in [1.82, 2.24) is 19.9 Å². The molecule has 3 rings (SSSR count). The summed E-state index contributed by atoms with van der Waals surface area (Å²) in [6, 6.07) is 9.79. The fraction of sp³-hybridized carbons (Fsp3) is 0.133. The maximum atomic E-state index is 12.3. The molecule has 0 amide bonds. The molecule has 0 unspecified atom stereocenters. The van der Waals surface area contributed by atoms with Crippen molar-refractivity contribution in [1.29, 1.82) is 0 Å². The first-order valence-corrected chi connectivity index (χ1v) is 8.81. The average molecular weight is 365 g/mol. The molecule has 0 spiro atoms. The zero-order valence-corrected chi connectivity index (χ0v) is 14.2. The van der Waals surface area contributed by atoms with Gasteiger partial charge in [-0.3, -0.25) is 4.98 Å². The second-order valence-corrected chi connectivity index (χ2v) is 7.13. The Morgan fingerprint density at radius 2 is 2.04 bits per heavy atom. The fourth-order valence-corrected chi connectivity index (χ4v) is 3.14. The fourth-order valence-electron chi connectivity index (χ4n) is 1.90. The van der Waals surface area contributed by atoms with Crippen LogP contribution in [0.1, 0.15) is 11.5 Å². The first kappa shape index (κ1) is 16.6. The molecule has 1 aromatic carbocycles. The van der Waals surface area contributed by atoms with Gasteiger partial charge in [-0.2, -0.15) is 0 Å². The standard InChI is InChI=1S/C15H13ClN4O3S/c1-10-5-6-11(8-12(10)16)24(21,22)18-9-14-19-20-15(23-14)13-4-2-3-7-17-13/h2-8,18H,9H2,1H3. The lowest BCUT2D eigenvalue weighted by Gasteiger charge is -2.06. The van der Waals surface area contributed by atoms with Gasteiger partial charge in [0.25, 0.3) is 5.89 Å². The largest absolute Gasteiger partial charge is 0.418 e. The second kappa shape index (κ2) is 6.68. The highest BCUT2D eigenvalue weighted by Crippen LogP contribution is 2.20. The van der Waals surface area contributed by atoms with Gasteiger partial charge in [0.1, 0.15) is 5.69 Å². The number of pyridine rings is 1. The molecule has 0 saturated carbocycles. The highest BCUT2D eigenvalue weighted by atomic mass is 35.5. The second-order valence-electron chi connectivity index (χ2n) is 4.95. The summed E-state index contributed by atoms with van der Waals surface area (Å²) in [5.74, 6) is 0.362. The number of halogens is 1. The Bertz CT molecular complexity index is 958. The summed E-state index contributed by atoms with van der Waals surface area (Å²) < 4.78 is 32.4. The molecule has 3 aromatic rings. The number of nitrogens with zero attached hydrogens (tertiary/aromatic N) is 3. The summed E-state index contributed by atoms with van der Waals surface area (Å²) in [6.45, 7) is 1.66. The third-order valence-corrected chi connectivity index (χ3v) is 5.02. The van der Waals surface area contributed by atoms with Crippen molar-refractivity contribution in [3.05, 3.63) is 59.1 Å². The molecular formula is C15H13ClN4O3S. The maximum absolute atomic E-state index is 12.3. The highest BCUT2D eigenvalue weighted by Gasteiger charge is 2.17. The van der Waals surface area contributed by atoms with E-state index in [2.05, 4.69) is 19.9 Å². The molecule has 24 heavy (non-hydrogen) atoms. The number of hydrogen-bond acceptors (Lipinski definition) is 6.